The normalized spacial score (nSPS) is 18.8. The van der Waals surface area contributed by atoms with Crippen molar-refractivity contribution in [3.63, 3.8) is 0 Å². The highest BCUT2D eigenvalue weighted by Crippen LogP contribution is 2.27. The molecule has 0 aliphatic carbocycles. The van der Waals surface area contributed by atoms with Crippen LogP contribution in [-0.4, -0.2) is 75.3 Å². The number of nitrogens with zero attached hydrogens (tertiary/aromatic N) is 5. The van der Waals surface area contributed by atoms with Gasteiger partial charge in [-0.15, -0.1) is 0 Å². The van der Waals surface area contributed by atoms with E-state index in [9.17, 15) is 4.79 Å². The molecule has 1 aromatic carbocycles. The lowest BCUT2D eigenvalue weighted by molar-refractivity contribution is 0.0511. The Balaban J connectivity index is 1.23. The Bertz CT molecular complexity index is 1130. The maximum absolute atomic E-state index is 12.1. The number of benzene rings is 1. The average molecular weight is 481 g/mol. The van der Waals surface area contributed by atoms with Crippen LogP contribution >= 0.6 is 0 Å². The summed E-state index contributed by atoms with van der Waals surface area (Å²) in [5.74, 6) is 0.513. The molecule has 10 nitrogen and oxygen atoms in total. The fourth-order valence-electron chi connectivity index (χ4n) is 4.45. The number of hydrogen-bond donors (Lipinski definition) is 1. The van der Waals surface area contributed by atoms with E-state index in [0.717, 1.165) is 42.8 Å². The first-order valence-corrected chi connectivity index (χ1v) is 12.3. The van der Waals surface area contributed by atoms with Crippen molar-refractivity contribution in [2.75, 3.05) is 31.6 Å². The van der Waals surface area contributed by atoms with Crippen LogP contribution in [0.3, 0.4) is 0 Å². The van der Waals surface area contributed by atoms with Gasteiger partial charge < -0.3 is 24.4 Å². The van der Waals surface area contributed by atoms with Crippen molar-refractivity contribution in [2.45, 2.75) is 57.8 Å². The Morgan fingerprint density at radius 1 is 1.17 bits per heavy atom. The number of ether oxygens (including phenoxy) is 3. The summed E-state index contributed by atoms with van der Waals surface area (Å²) in [5.41, 5.74) is 2.64. The third-order valence-corrected chi connectivity index (χ3v) is 6.31. The molecule has 2 fully saturated rings. The van der Waals surface area contributed by atoms with Crippen LogP contribution in [0, 0.1) is 0 Å². The highest BCUT2D eigenvalue weighted by atomic mass is 16.6. The second kappa shape index (κ2) is 10.5. The maximum atomic E-state index is 12.1. The predicted molar refractivity (Wildman–Crippen MR) is 131 cm³/mol. The Labute approximate surface area is 204 Å². The van der Waals surface area contributed by atoms with E-state index in [4.69, 9.17) is 14.2 Å². The number of hydrogen-bond acceptors (Lipinski definition) is 8. The van der Waals surface area contributed by atoms with Crippen LogP contribution in [0.4, 0.5) is 10.5 Å². The van der Waals surface area contributed by atoms with Gasteiger partial charge in [0, 0.05) is 44.8 Å². The number of anilines is 1. The van der Waals surface area contributed by atoms with Crippen molar-refractivity contribution in [1.29, 1.82) is 0 Å². The molecule has 2 aromatic heterocycles. The molecular weight excluding hydrogens is 448 g/mol. The molecule has 2 saturated heterocycles. The average Bonchev–Trinajstić information content (AvgIpc) is 3.54. The number of amides is 1. The van der Waals surface area contributed by atoms with Gasteiger partial charge in [0.15, 0.2) is 5.65 Å². The van der Waals surface area contributed by atoms with Gasteiger partial charge in [0.2, 0.25) is 5.88 Å². The van der Waals surface area contributed by atoms with Gasteiger partial charge in [0.05, 0.1) is 24.1 Å². The summed E-state index contributed by atoms with van der Waals surface area (Å²) >= 11 is 0. The van der Waals surface area contributed by atoms with E-state index in [1.54, 1.807) is 15.8 Å². The molecule has 186 valence electrons. The van der Waals surface area contributed by atoms with Crippen molar-refractivity contribution in [1.82, 2.24) is 24.6 Å². The van der Waals surface area contributed by atoms with Crippen LogP contribution in [0.15, 0.2) is 36.8 Å². The first-order chi connectivity index (χ1) is 17.1. The number of likely N-dealkylation sites (tertiary alicyclic amines) is 1. The molecule has 5 rings (SSSR count). The SMILES string of the molecule is CC(C)OC(=O)N1CCC(Oc2ncnc3c2cnn3-c2ccc(NCC3CCCO3)cc2)CC1. The third kappa shape index (κ3) is 5.48. The van der Waals surface area contributed by atoms with E-state index in [1.165, 1.54) is 6.33 Å². The van der Waals surface area contributed by atoms with Crippen LogP contribution < -0.4 is 10.1 Å². The molecule has 2 aliphatic heterocycles. The van der Waals surface area contributed by atoms with Crippen molar-refractivity contribution in [3.8, 4) is 11.6 Å². The van der Waals surface area contributed by atoms with E-state index < -0.39 is 0 Å². The van der Waals surface area contributed by atoms with E-state index in [0.29, 0.717) is 43.6 Å². The van der Waals surface area contributed by atoms with Crippen molar-refractivity contribution in [3.05, 3.63) is 36.8 Å². The van der Waals surface area contributed by atoms with Crippen LogP contribution in [0.1, 0.15) is 39.5 Å². The van der Waals surface area contributed by atoms with E-state index in [-0.39, 0.29) is 18.3 Å². The van der Waals surface area contributed by atoms with Crippen LogP contribution in [-0.2, 0) is 9.47 Å². The van der Waals surface area contributed by atoms with Gasteiger partial charge in [-0.2, -0.15) is 5.10 Å². The topological polar surface area (TPSA) is 104 Å². The van der Waals surface area contributed by atoms with Gasteiger partial charge in [0.25, 0.3) is 0 Å². The summed E-state index contributed by atoms with van der Waals surface area (Å²) in [6, 6.07) is 8.10. The summed E-state index contributed by atoms with van der Waals surface area (Å²) < 4.78 is 19.0. The molecule has 2 aliphatic rings. The monoisotopic (exact) mass is 480 g/mol. The molecule has 0 bridgehead atoms. The van der Waals surface area contributed by atoms with Crippen LogP contribution in [0.25, 0.3) is 16.7 Å². The summed E-state index contributed by atoms with van der Waals surface area (Å²) in [5, 5.41) is 8.74. The molecule has 4 heterocycles. The summed E-state index contributed by atoms with van der Waals surface area (Å²) in [6.07, 6.45) is 6.79. The van der Waals surface area contributed by atoms with Crippen molar-refractivity contribution >= 4 is 22.8 Å². The Morgan fingerprint density at radius 3 is 2.69 bits per heavy atom. The maximum Gasteiger partial charge on any atom is 0.410 e. The molecule has 0 radical (unpaired) electrons. The molecule has 1 unspecified atom stereocenters. The molecule has 0 saturated carbocycles. The fourth-order valence-corrected chi connectivity index (χ4v) is 4.45. The van der Waals surface area contributed by atoms with Gasteiger partial charge in [0.1, 0.15) is 17.8 Å². The molecular formula is C25H32N6O4. The first kappa shape index (κ1) is 23.3. The van der Waals surface area contributed by atoms with Gasteiger partial charge in [-0.3, -0.25) is 0 Å². The lowest BCUT2D eigenvalue weighted by atomic mass is 10.1. The minimum atomic E-state index is -0.266. The van der Waals surface area contributed by atoms with Gasteiger partial charge in [-0.25, -0.2) is 19.4 Å². The third-order valence-electron chi connectivity index (χ3n) is 6.31. The van der Waals surface area contributed by atoms with E-state index in [1.807, 2.05) is 38.1 Å². The first-order valence-electron chi connectivity index (χ1n) is 12.3. The quantitative estimate of drug-likeness (QED) is 0.545. The van der Waals surface area contributed by atoms with Crippen LogP contribution in [0.5, 0.6) is 5.88 Å². The number of nitrogens with one attached hydrogen (secondary N) is 1. The highest BCUT2D eigenvalue weighted by molar-refractivity contribution is 5.81. The number of piperidine rings is 1. The number of carbonyl (C=O) groups excluding carboxylic acids is 1. The second-order valence-electron chi connectivity index (χ2n) is 9.27. The smallest absolute Gasteiger partial charge is 0.410 e. The molecule has 1 amide bonds. The minimum absolute atomic E-state index is 0.0336. The zero-order valence-corrected chi connectivity index (χ0v) is 20.2. The summed E-state index contributed by atoms with van der Waals surface area (Å²) in [7, 11) is 0. The summed E-state index contributed by atoms with van der Waals surface area (Å²) in [4.78, 5) is 22.7. The van der Waals surface area contributed by atoms with Gasteiger partial charge in [-0.05, 0) is 51.0 Å². The van der Waals surface area contributed by atoms with Gasteiger partial charge >= 0.3 is 6.09 Å². The molecule has 0 spiro atoms. The van der Waals surface area contributed by atoms with Crippen LogP contribution in [0.2, 0.25) is 0 Å². The highest BCUT2D eigenvalue weighted by Gasteiger charge is 2.26. The van der Waals surface area contributed by atoms with E-state index >= 15 is 0 Å². The minimum Gasteiger partial charge on any atom is -0.474 e. The number of fused-ring (bicyclic) bond motifs is 1. The second-order valence-corrected chi connectivity index (χ2v) is 9.27. The number of aromatic nitrogens is 4. The predicted octanol–water partition coefficient (Wildman–Crippen LogP) is 3.79. The molecule has 10 heteroatoms. The zero-order chi connectivity index (χ0) is 24.2. The fraction of sp³-hybridized carbons (Fsp3) is 0.520. The largest absolute Gasteiger partial charge is 0.474 e. The zero-order valence-electron chi connectivity index (χ0n) is 20.2. The Hall–Kier alpha value is -3.40. The molecule has 35 heavy (non-hydrogen) atoms. The Morgan fingerprint density at radius 2 is 1.97 bits per heavy atom. The Kier molecular flexibility index (Phi) is 6.98. The standard InChI is InChI=1S/C25H32N6O4/c1-17(2)34-25(32)30-11-9-20(10-12-30)35-24-22-15-29-31(23(22)27-16-28-24)19-7-5-18(6-8-19)26-14-21-4-3-13-33-21/h5-8,15-17,20-21,26H,3-4,9-14H2,1-2H3. The van der Waals surface area contributed by atoms with Gasteiger partial charge in [-0.1, -0.05) is 0 Å². The summed E-state index contributed by atoms with van der Waals surface area (Å²) in [6.45, 7) is 6.57. The van der Waals surface area contributed by atoms with E-state index in [2.05, 4.69) is 20.4 Å². The van der Waals surface area contributed by atoms with Crippen molar-refractivity contribution in [2.24, 2.45) is 0 Å². The number of carbonyl (C=O) groups is 1. The molecule has 1 N–H and O–H groups in total. The van der Waals surface area contributed by atoms with Crippen molar-refractivity contribution < 1.29 is 19.0 Å². The molecule has 3 aromatic rings. The lowest BCUT2D eigenvalue weighted by Gasteiger charge is -2.31. The lowest BCUT2D eigenvalue weighted by Crippen LogP contribution is -2.42. The molecule has 1 atom stereocenters. The number of rotatable bonds is 7.